The highest BCUT2D eigenvalue weighted by Crippen LogP contribution is 1.31. The summed E-state index contributed by atoms with van der Waals surface area (Å²) in [7, 11) is -2.29. The van der Waals surface area contributed by atoms with Gasteiger partial charge in [-0.25, -0.2) is 4.21 Å². The topological polar surface area (TPSA) is 37.3 Å². The Morgan fingerprint density at radius 3 is 1.80 bits per heavy atom. The number of hydrogen-bond donors (Lipinski definition) is 2. The Morgan fingerprint density at radius 1 is 1.80 bits per heavy atom. The summed E-state index contributed by atoms with van der Waals surface area (Å²) in [5.41, 5.74) is 0. The minimum Gasteiger partial charge on any atom is -0.308 e. The molecule has 0 saturated heterocycles. The van der Waals surface area contributed by atoms with Crippen LogP contribution in [0.2, 0.25) is 0 Å². The van der Waals surface area contributed by atoms with Gasteiger partial charge in [0.15, 0.2) is 0 Å². The van der Waals surface area contributed by atoms with Crippen molar-refractivity contribution in [2.75, 3.05) is 0 Å². The first-order valence-electron chi connectivity index (χ1n) is 0.565. The van der Waals surface area contributed by atoms with E-state index >= 15 is 0 Å². The third-order valence-electron chi connectivity index (χ3n) is 0. The van der Waals surface area contributed by atoms with Gasteiger partial charge in [0.2, 0.25) is 0 Å². The molecule has 0 aromatic rings. The molecule has 0 bridgehead atoms. The molecule has 0 saturated carbocycles. The lowest BCUT2D eigenvalue weighted by atomic mass is 12.0. The van der Waals surface area contributed by atoms with Crippen molar-refractivity contribution >= 4 is 20.8 Å². The van der Waals surface area contributed by atoms with Crippen LogP contribution in [0.25, 0.3) is 0 Å². The van der Waals surface area contributed by atoms with Crippen LogP contribution < -0.4 is 0 Å². The Hall–Kier alpha value is 0.330. The highest BCUT2D eigenvalue weighted by Gasteiger charge is 1.39. The van der Waals surface area contributed by atoms with Gasteiger partial charge in [-0.1, -0.05) is 7.43 Å². The summed E-state index contributed by atoms with van der Waals surface area (Å²) in [6, 6.07) is 0. The third kappa shape index (κ3) is 216. The highest BCUT2D eigenvalue weighted by atomic mass is 32.8. The van der Waals surface area contributed by atoms with E-state index in [0.29, 0.717) is 0 Å². The van der Waals surface area contributed by atoms with Crippen molar-refractivity contribution in [1.29, 1.82) is 0 Å². The summed E-state index contributed by atoms with van der Waals surface area (Å²) in [5.74, 6) is 0. The van der Waals surface area contributed by atoms with Gasteiger partial charge in [0.25, 0.3) is 0 Å². The van der Waals surface area contributed by atoms with Crippen LogP contribution in [0.15, 0.2) is 0 Å². The van der Waals surface area contributed by atoms with Gasteiger partial charge in [-0.15, -0.1) is 0 Å². The summed E-state index contributed by atoms with van der Waals surface area (Å²) in [6.07, 6.45) is 0. The summed E-state index contributed by atoms with van der Waals surface area (Å²) in [5, 5.41) is 0. The summed E-state index contributed by atoms with van der Waals surface area (Å²) in [6.45, 7) is 0. The van der Waals surface area contributed by atoms with Crippen LogP contribution >= 0.6 is 0 Å². The van der Waals surface area contributed by atoms with E-state index in [1.165, 1.54) is 0 Å². The summed E-state index contributed by atoms with van der Waals surface area (Å²) < 4.78 is 16.3. The minimum atomic E-state index is -2.29. The maximum absolute atomic E-state index is 8.96. The van der Waals surface area contributed by atoms with E-state index in [9.17, 15) is 0 Å². The lowest BCUT2D eigenvalue weighted by Gasteiger charge is -1.47. The number of rotatable bonds is 0. The molecular weight excluding hydrogens is 108 g/mol. The van der Waals surface area contributed by atoms with Gasteiger partial charge in [0.05, 0.1) is 0 Å². The Balaban J connectivity index is 0. The first kappa shape index (κ1) is 9.01. The largest absolute Gasteiger partial charge is 0.308 e. The van der Waals surface area contributed by atoms with Crippen molar-refractivity contribution in [3.63, 3.8) is 0 Å². The molecule has 2 nitrogen and oxygen atoms in total. The molecule has 5 heavy (non-hydrogen) atoms. The van der Waals surface area contributed by atoms with Crippen LogP contribution in [-0.4, -0.2) is 8.76 Å². The third-order valence-corrected chi connectivity index (χ3v) is 0. The lowest BCUT2D eigenvalue weighted by molar-refractivity contribution is 0.583. The van der Waals surface area contributed by atoms with Crippen molar-refractivity contribution in [2.45, 2.75) is 7.43 Å². The van der Waals surface area contributed by atoms with E-state index in [-0.39, 0.29) is 7.43 Å². The van der Waals surface area contributed by atoms with E-state index in [1.54, 1.807) is 0 Å². The molecule has 0 aliphatic carbocycles. The Morgan fingerprint density at radius 2 is 1.80 bits per heavy atom. The second kappa shape index (κ2) is 4.33. The molecule has 0 spiro atoms. The average Bonchev–Trinajstić information content (AvgIpc) is 0.811. The van der Waals surface area contributed by atoms with E-state index in [2.05, 4.69) is 11.2 Å². The van der Waals surface area contributed by atoms with Gasteiger partial charge in [-0.2, -0.15) is 0 Å². The quantitative estimate of drug-likeness (QED) is 0.437. The van der Waals surface area contributed by atoms with Crippen LogP contribution in [0.5, 0.6) is 0 Å². The van der Waals surface area contributed by atoms with Crippen molar-refractivity contribution in [2.24, 2.45) is 0 Å². The molecule has 0 aliphatic heterocycles. The smallest absolute Gasteiger partial charge is 0.130 e. The van der Waals surface area contributed by atoms with Gasteiger partial charge in [-0.05, 0) is 0 Å². The fraction of sp³-hybridized carbons (Fsp3) is 1.00. The Kier molecular flexibility index (Phi) is 7.80. The molecule has 0 heterocycles. The summed E-state index contributed by atoms with van der Waals surface area (Å²) in [4.78, 5) is 0. The van der Waals surface area contributed by atoms with E-state index in [0.717, 1.165) is 0 Å². The molecule has 1 N–H and O–H groups in total. The zero-order valence-corrected chi connectivity index (χ0v) is 3.42. The first-order valence-corrected chi connectivity index (χ1v) is 2.79. The molecule has 1 atom stereocenters. The van der Waals surface area contributed by atoms with E-state index < -0.39 is 9.64 Å². The van der Waals surface area contributed by atoms with Crippen LogP contribution in [0.4, 0.5) is 0 Å². The van der Waals surface area contributed by atoms with Gasteiger partial charge in [0, 0.05) is 11.2 Å². The second-order valence-electron chi connectivity index (χ2n) is 0.238. The lowest BCUT2D eigenvalue weighted by Crippen LogP contribution is -1.54. The molecule has 0 radical (unpaired) electrons. The number of thiol groups is 1. The van der Waals surface area contributed by atoms with Crippen molar-refractivity contribution in [1.82, 2.24) is 0 Å². The van der Waals surface area contributed by atoms with E-state index in [1.807, 2.05) is 0 Å². The van der Waals surface area contributed by atoms with Crippen LogP contribution in [-0.2, 0) is 20.8 Å². The van der Waals surface area contributed by atoms with Crippen LogP contribution in [0.1, 0.15) is 7.43 Å². The first-order chi connectivity index (χ1) is 1.73. The fourth-order valence-corrected chi connectivity index (χ4v) is 0. The maximum Gasteiger partial charge on any atom is 0.130 e. The fourth-order valence-electron chi connectivity index (χ4n) is 0. The van der Waals surface area contributed by atoms with Crippen LogP contribution in [0.3, 0.4) is 0 Å². The van der Waals surface area contributed by atoms with E-state index in [4.69, 9.17) is 8.76 Å². The molecule has 0 rings (SSSR count). The van der Waals surface area contributed by atoms with Gasteiger partial charge < -0.3 is 4.55 Å². The van der Waals surface area contributed by atoms with Gasteiger partial charge >= 0.3 is 0 Å². The highest BCUT2D eigenvalue weighted by molar-refractivity contribution is 8.18. The molecule has 0 aliphatic rings. The predicted octanol–water partition coefficient (Wildman–Crippen LogP) is 0.0384. The zero-order valence-electron chi connectivity index (χ0n) is 1.71. The summed E-state index contributed by atoms with van der Waals surface area (Å²) >= 11 is 3.69. The van der Waals surface area contributed by atoms with Gasteiger partial charge in [-0.3, -0.25) is 0 Å². The molecule has 1 unspecified atom stereocenters. The number of hydrogen-bond acceptors (Lipinski definition) is 2. The molecule has 0 fully saturated rings. The predicted molar refractivity (Wildman–Crippen MR) is 26.3 cm³/mol. The molecule has 0 aromatic heterocycles. The zero-order chi connectivity index (χ0) is 3.58. The molecule has 0 amide bonds. The minimum absolute atomic E-state index is 0. The van der Waals surface area contributed by atoms with Crippen LogP contribution in [0, 0.1) is 0 Å². The molecular formula is CH6O2S2. The monoisotopic (exact) mass is 114 g/mol. The second-order valence-corrected chi connectivity index (χ2v) is 1.65. The average molecular weight is 114 g/mol. The van der Waals surface area contributed by atoms with Crippen molar-refractivity contribution in [3.05, 3.63) is 0 Å². The maximum atomic E-state index is 8.96. The normalized spacial score (nSPS) is 12.2. The molecule has 34 valence electrons. The standard InChI is InChI=1S/CH4.H2O2S2/c;1-4(2)3/h1H4;4H,(H,1,2,3). The molecule has 0 aromatic carbocycles. The van der Waals surface area contributed by atoms with Crippen molar-refractivity contribution < 1.29 is 8.76 Å². The van der Waals surface area contributed by atoms with Gasteiger partial charge in [0.1, 0.15) is 9.64 Å². The SMILES string of the molecule is C.O=[SH](O)=S. The Bertz CT molecular complexity index is 56.0. The van der Waals surface area contributed by atoms with Crippen molar-refractivity contribution in [3.8, 4) is 0 Å². The molecule has 4 heteroatoms. The Labute approximate surface area is 37.7 Å².